The molecule has 0 saturated heterocycles. The number of alkyl halides is 1. The lowest BCUT2D eigenvalue weighted by atomic mass is 10.1. The molecule has 94 valence electrons. The van der Waals surface area contributed by atoms with Crippen molar-refractivity contribution in [1.29, 1.82) is 0 Å². The summed E-state index contributed by atoms with van der Waals surface area (Å²) in [5, 5.41) is -0.0458. The maximum absolute atomic E-state index is 6.07. The second-order valence-corrected chi connectivity index (χ2v) is 5.25. The molecular weight excluding hydrogens is 236 g/mol. The maximum Gasteiger partial charge on any atom is 0.157 e. The Bertz CT molecular complexity index is 391. The van der Waals surface area contributed by atoms with E-state index in [-0.39, 0.29) is 11.5 Å². The van der Waals surface area contributed by atoms with E-state index in [9.17, 15) is 0 Å². The fraction of sp³-hybridized carbons (Fsp3) is 0.692. The zero-order valence-electron chi connectivity index (χ0n) is 10.6. The van der Waals surface area contributed by atoms with Gasteiger partial charge in [0.2, 0.25) is 0 Å². The van der Waals surface area contributed by atoms with Gasteiger partial charge in [-0.15, -0.1) is 11.6 Å². The predicted molar refractivity (Wildman–Crippen MR) is 68.1 cm³/mol. The zero-order valence-corrected chi connectivity index (χ0v) is 11.4. The number of hydrogen-bond acceptors (Lipinski definition) is 3. The highest BCUT2D eigenvalue weighted by Gasteiger charge is 2.35. The Labute approximate surface area is 108 Å². The maximum atomic E-state index is 6.07. The first-order valence-electron chi connectivity index (χ1n) is 6.22. The second kappa shape index (κ2) is 5.32. The van der Waals surface area contributed by atoms with Gasteiger partial charge in [0.05, 0.1) is 5.38 Å². The number of halogens is 1. The molecule has 1 aliphatic carbocycles. The van der Waals surface area contributed by atoms with Crippen molar-refractivity contribution >= 4 is 11.6 Å². The van der Waals surface area contributed by atoms with E-state index in [4.69, 9.17) is 16.3 Å². The summed E-state index contributed by atoms with van der Waals surface area (Å²) in [4.78, 5) is 8.97. The lowest BCUT2D eigenvalue weighted by molar-refractivity contribution is 0.0399. The normalized spacial score (nSPS) is 19.1. The highest BCUT2D eigenvalue weighted by molar-refractivity contribution is 6.20. The van der Waals surface area contributed by atoms with E-state index in [0.29, 0.717) is 12.5 Å². The van der Waals surface area contributed by atoms with Gasteiger partial charge in [0.15, 0.2) is 5.82 Å². The summed E-state index contributed by atoms with van der Waals surface area (Å²) in [6.07, 6.45) is 4.35. The molecule has 0 aromatic carbocycles. The molecule has 0 bridgehead atoms. The Morgan fingerprint density at radius 2 is 2.24 bits per heavy atom. The summed E-state index contributed by atoms with van der Waals surface area (Å²) in [7, 11) is 0. The molecule has 4 heteroatoms. The largest absolute Gasteiger partial charge is 0.370 e. The number of rotatable bonds is 5. The van der Waals surface area contributed by atoms with Crippen molar-refractivity contribution in [3.05, 3.63) is 23.3 Å². The second-order valence-electron chi connectivity index (χ2n) is 4.60. The van der Waals surface area contributed by atoms with E-state index in [0.717, 1.165) is 17.1 Å². The van der Waals surface area contributed by atoms with Crippen LogP contribution in [-0.4, -0.2) is 16.6 Å². The molecule has 2 unspecified atom stereocenters. The van der Waals surface area contributed by atoms with E-state index in [1.165, 1.54) is 12.8 Å². The van der Waals surface area contributed by atoms with Crippen molar-refractivity contribution in [2.24, 2.45) is 5.92 Å². The van der Waals surface area contributed by atoms with E-state index >= 15 is 0 Å². The number of nitrogens with zero attached hydrogens (tertiary/aromatic N) is 2. The molecule has 0 spiro atoms. The molecule has 2 atom stereocenters. The van der Waals surface area contributed by atoms with Crippen LogP contribution in [0.3, 0.4) is 0 Å². The van der Waals surface area contributed by atoms with Crippen LogP contribution in [0, 0.1) is 12.8 Å². The topological polar surface area (TPSA) is 35.0 Å². The molecule has 1 fully saturated rings. The van der Waals surface area contributed by atoms with Crippen molar-refractivity contribution in [3.8, 4) is 0 Å². The third-order valence-electron chi connectivity index (χ3n) is 3.12. The molecule has 17 heavy (non-hydrogen) atoms. The standard InChI is InChI=1S/C13H19ClN2O/c1-4-17-12(10-5-6-10)13-15-7-11(8(2)14)9(3)16-13/h7-8,10,12H,4-6H2,1-3H3. The van der Waals surface area contributed by atoms with Gasteiger partial charge in [-0.1, -0.05) is 0 Å². The molecule has 1 aromatic rings. The highest BCUT2D eigenvalue weighted by Crippen LogP contribution is 2.42. The van der Waals surface area contributed by atoms with Crippen LogP contribution in [0.5, 0.6) is 0 Å². The first-order valence-corrected chi connectivity index (χ1v) is 6.66. The number of hydrogen-bond donors (Lipinski definition) is 0. The minimum atomic E-state index is -0.0458. The van der Waals surface area contributed by atoms with Crippen LogP contribution >= 0.6 is 11.6 Å². The Kier molecular flexibility index (Phi) is 4.00. The van der Waals surface area contributed by atoms with Crippen LogP contribution in [0.2, 0.25) is 0 Å². The van der Waals surface area contributed by atoms with Gasteiger partial charge in [0.1, 0.15) is 6.10 Å². The number of aromatic nitrogens is 2. The molecule has 1 saturated carbocycles. The fourth-order valence-electron chi connectivity index (χ4n) is 2.02. The van der Waals surface area contributed by atoms with Crippen LogP contribution in [0.4, 0.5) is 0 Å². The molecule has 0 amide bonds. The van der Waals surface area contributed by atoms with Crippen molar-refractivity contribution in [2.45, 2.75) is 45.1 Å². The number of ether oxygens (including phenoxy) is 1. The minimum absolute atomic E-state index is 0.0458. The van der Waals surface area contributed by atoms with Gasteiger partial charge in [-0.05, 0) is 39.5 Å². The van der Waals surface area contributed by atoms with Crippen molar-refractivity contribution < 1.29 is 4.74 Å². The first kappa shape index (κ1) is 12.8. The highest BCUT2D eigenvalue weighted by atomic mass is 35.5. The molecule has 1 heterocycles. The summed E-state index contributed by atoms with van der Waals surface area (Å²) in [6.45, 7) is 6.64. The number of aryl methyl sites for hydroxylation is 1. The molecule has 0 N–H and O–H groups in total. The predicted octanol–water partition coefficient (Wildman–Crippen LogP) is 3.57. The summed E-state index contributed by atoms with van der Waals surface area (Å²) in [6, 6.07) is 0. The summed E-state index contributed by atoms with van der Waals surface area (Å²) in [5.41, 5.74) is 1.96. The monoisotopic (exact) mass is 254 g/mol. The Morgan fingerprint density at radius 3 is 2.71 bits per heavy atom. The third kappa shape index (κ3) is 2.96. The Balaban J connectivity index is 2.22. The van der Waals surface area contributed by atoms with Gasteiger partial charge in [0.25, 0.3) is 0 Å². The van der Waals surface area contributed by atoms with Crippen molar-refractivity contribution in [1.82, 2.24) is 9.97 Å². The molecular formula is C13H19ClN2O. The van der Waals surface area contributed by atoms with Crippen LogP contribution in [0.1, 0.15) is 55.3 Å². The van der Waals surface area contributed by atoms with Crippen molar-refractivity contribution in [2.75, 3.05) is 6.61 Å². The lowest BCUT2D eigenvalue weighted by Gasteiger charge is -2.16. The molecule has 0 aliphatic heterocycles. The third-order valence-corrected chi connectivity index (χ3v) is 3.35. The van der Waals surface area contributed by atoms with Gasteiger partial charge in [-0.25, -0.2) is 9.97 Å². The van der Waals surface area contributed by atoms with Gasteiger partial charge >= 0.3 is 0 Å². The summed E-state index contributed by atoms with van der Waals surface area (Å²) in [5.74, 6) is 1.42. The van der Waals surface area contributed by atoms with Crippen LogP contribution in [0.15, 0.2) is 6.20 Å². The molecule has 3 nitrogen and oxygen atoms in total. The van der Waals surface area contributed by atoms with Gasteiger partial charge < -0.3 is 4.74 Å². The average Bonchev–Trinajstić information content (AvgIpc) is 3.09. The first-order chi connectivity index (χ1) is 8.13. The average molecular weight is 255 g/mol. The van der Waals surface area contributed by atoms with Gasteiger partial charge in [0, 0.05) is 24.1 Å². The van der Waals surface area contributed by atoms with Crippen LogP contribution in [-0.2, 0) is 4.74 Å². The van der Waals surface area contributed by atoms with E-state index in [1.54, 1.807) is 0 Å². The summed E-state index contributed by atoms with van der Waals surface area (Å²) < 4.78 is 5.75. The van der Waals surface area contributed by atoms with E-state index < -0.39 is 0 Å². The summed E-state index contributed by atoms with van der Waals surface area (Å²) >= 11 is 6.07. The fourth-order valence-corrected chi connectivity index (χ4v) is 2.24. The SMILES string of the molecule is CCOC(c1ncc(C(C)Cl)c(C)n1)C1CC1. The lowest BCUT2D eigenvalue weighted by Crippen LogP contribution is -2.12. The van der Waals surface area contributed by atoms with Crippen LogP contribution < -0.4 is 0 Å². The van der Waals surface area contributed by atoms with Gasteiger partial charge in [-0.2, -0.15) is 0 Å². The van der Waals surface area contributed by atoms with Crippen LogP contribution in [0.25, 0.3) is 0 Å². The quantitative estimate of drug-likeness (QED) is 0.754. The van der Waals surface area contributed by atoms with E-state index in [2.05, 4.69) is 9.97 Å². The van der Waals surface area contributed by atoms with Gasteiger partial charge in [-0.3, -0.25) is 0 Å². The Morgan fingerprint density at radius 1 is 1.53 bits per heavy atom. The molecule has 1 aliphatic rings. The minimum Gasteiger partial charge on any atom is -0.370 e. The smallest absolute Gasteiger partial charge is 0.157 e. The molecule has 2 rings (SSSR count). The van der Waals surface area contributed by atoms with E-state index in [1.807, 2.05) is 27.0 Å². The molecule has 0 radical (unpaired) electrons. The zero-order chi connectivity index (χ0) is 12.4. The Hall–Kier alpha value is -0.670. The van der Waals surface area contributed by atoms with Crippen molar-refractivity contribution in [3.63, 3.8) is 0 Å². The molecule has 1 aromatic heterocycles.